The minimum absolute atomic E-state index is 0.977. The molecule has 0 saturated carbocycles. The molecule has 0 aliphatic rings. The predicted molar refractivity (Wildman–Crippen MR) is 54.8 cm³/mol. The van der Waals surface area contributed by atoms with Crippen molar-refractivity contribution in [1.82, 2.24) is 0 Å². The molecule has 0 amide bonds. The van der Waals surface area contributed by atoms with Gasteiger partial charge in [0.05, 0.1) is 0 Å². The van der Waals surface area contributed by atoms with Gasteiger partial charge in [-0.25, -0.2) is 0 Å². The van der Waals surface area contributed by atoms with Crippen LogP contribution in [0.15, 0.2) is 48.6 Å². The van der Waals surface area contributed by atoms with Crippen molar-refractivity contribution in [3.8, 4) is 0 Å². The van der Waals surface area contributed by atoms with Crippen LogP contribution in [0.25, 0.3) is 0 Å². The molecule has 11 heavy (non-hydrogen) atoms. The highest BCUT2D eigenvalue weighted by Gasteiger charge is 1.65. The summed E-state index contributed by atoms with van der Waals surface area (Å²) < 4.78 is 0. The van der Waals surface area contributed by atoms with Crippen molar-refractivity contribution in [1.29, 1.82) is 0 Å². The fourth-order valence-electron chi connectivity index (χ4n) is 0.108. The van der Waals surface area contributed by atoms with Gasteiger partial charge >= 0.3 is 0 Å². The quantitative estimate of drug-likeness (QED) is 0.549. The number of hydrogen-bond donors (Lipinski definition) is 0. The Labute approximate surface area is 74.6 Å². The maximum atomic E-state index is 5.16. The molecule has 0 rings (SSSR count). The number of allylic oxidation sites excluding steroid dienone is 4. The Morgan fingerprint density at radius 1 is 1.18 bits per heavy atom. The van der Waals surface area contributed by atoms with Crippen molar-refractivity contribution >= 4 is 11.6 Å². The minimum Gasteiger partial charge on any atom is -0.0988 e. The molecule has 0 spiro atoms. The number of rotatable bonds is 2. The van der Waals surface area contributed by atoms with E-state index in [9.17, 15) is 0 Å². The van der Waals surface area contributed by atoms with Gasteiger partial charge in [0.25, 0.3) is 0 Å². The molecular weight excluding hydrogens is 156 g/mol. The molecule has 0 N–H and O–H groups in total. The highest BCUT2D eigenvalue weighted by molar-refractivity contribution is 6.25. The van der Waals surface area contributed by atoms with Crippen molar-refractivity contribution in [3.05, 3.63) is 48.6 Å². The zero-order valence-corrected chi connectivity index (χ0v) is 7.99. The second-order valence-electron chi connectivity index (χ2n) is 2.19. The van der Waals surface area contributed by atoms with Crippen LogP contribution in [0.4, 0.5) is 0 Å². The summed E-state index contributed by atoms with van der Waals surface area (Å²) in [5.41, 5.74) is 3.44. The predicted octanol–water partition coefficient (Wildman–Crippen LogP) is 4.06. The summed E-state index contributed by atoms with van der Waals surface area (Å²) in [7, 11) is 0. The lowest BCUT2D eigenvalue weighted by Gasteiger charge is -1.74. The van der Waals surface area contributed by atoms with Gasteiger partial charge in [-0.1, -0.05) is 48.6 Å². The molecule has 0 saturated heterocycles. The largest absolute Gasteiger partial charge is 0.0988 e. The number of hydrogen-bond acceptors (Lipinski definition) is 0. The minimum atomic E-state index is 0.977. The molecule has 0 atom stereocenters. The molecule has 0 radical (unpaired) electrons. The molecule has 1 heteroatoms. The van der Waals surface area contributed by atoms with E-state index in [1.54, 1.807) is 12.2 Å². The first-order valence-electron chi connectivity index (χ1n) is 3.24. The lowest BCUT2D eigenvalue weighted by molar-refractivity contribution is 1.57. The van der Waals surface area contributed by atoms with Gasteiger partial charge in [0.1, 0.15) is 0 Å². The maximum absolute atomic E-state index is 5.16. The Morgan fingerprint density at radius 3 is 1.55 bits per heavy atom. The number of halogens is 1. The third kappa shape index (κ3) is 26.9. The third-order valence-corrected chi connectivity index (χ3v) is 0.822. The van der Waals surface area contributed by atoms with Crippen LogP contribution in [0.2, 0.25) is 0 Å². The Bertz CT molecular complexity index is 164. The zero-order chi connectivity index (χ0) is 9.28. The molecule has 0 aliphatic heterocycles. The van der Waals surface area contributed by atoms with Crippen LogP contribution in [-0.2, 0) is 0 Å². The highest BCUT2D eigenvalue weighted by Crippen LogP contribution is 1.88. The first-order chi connectivity index (χ1) is 5.04. The van der Waals surface area contributed by atoms with Crippen LogP contribution in [-0.4, -0.2) is 0 Å². The summed E-state index contributed by atoms with van der Waals surface area (Å²) in [6, 6.07) is 0. The molecule has 0 bridgehead atoms. The van der Waals surface area contributed by atoms with Gasteiger partial charge < -0.3 is 0 Å². The van der Waals surface area contributed by atoms with E-state index in [0.717, 1.165) is 11.1 Å². The smallest absolute Gasteiger partial charge is 0.00448 e. The van der Waals surface area contributed by atoms with Crippen LogP contribution in [0, 0.1) is 0 Å². The fraction of sp³-hybridized carbons (Fsp3) is 0.200. The second kappa shape index (κ2) is 9.25. The van der Waals surface area contributed by atoms with E-state index < -0.39 is 0 Å². The summed E-state index contributed by atoms with van der Waals surface area (Å²) in [5, 5.41) is 0. The van der Waals surface area contributed by atoms with Crippen molar-refractivity contribution in [2.24, 2.45) is 0 Å². The van der Waals surface area contributed by atoms with Crippen LogP contribution in [0.3, 0.4) is 0 Å². The van der Waals surface area contributed by atoms with Gasteiger partial charge in [0.2, 0.25) is 0 Å². The average Bonchev–Trinajstić information content (AvgIpc) is 1.89. The van der Waals surface area contributed by atoms with Gasteiger partial charge in [0, 0.05) is 5.54 Å². The van der Waals surface area contributed by atoms with Gasteiger partial charge in [-0.3, -0.25) is 0 Å². The summed E-state index contributed by atoms with van der Waals surface area (Å²) in [5.74, 6) is 0. The van der Waals surface area contributed by atoms with Crippen molar-refractivity contribution < 1.29 is 0 Å². The molecule has 62 valence electrons. The first kappa shape index (κ1) is 12.9. The average molecular weight is 171 g/mol. The second-order valence-corrected chi connectivity index (χ2v) is 2.44. The van der Waals surface area contributed by atoms with Gasteiger partial charge in [0.15, 0.2) is 0 Å². The SMILES string of the molecule is C=C(C)C=CCl.C=CC(=C)C. The normalized spacial score (nSPS) is 8.27. The van der Waals surface area contributed by atoms with E-state index in [1.807, 2.05) is 13.8 Å². The monoisotopic (exact) mass is 170 g/mol. The van der Waals surface area contributed by atoms with E-state index in [0.29, 0.717) is 0 Å². The fourth-order valence-corrected chi connectivity index (χ4v) is 0.323. The molecule has 0 heterocycles. The Morgan fingerprint density at radius 2 is 1.55 bits per heavy atom. The Kier molecular flexibility index (Phi) is 10.8. The van der Waals surface area contributed by atoms with Crippen LogP contribution < -0.4 is 0 Å². The summed E-state index contributed by atoms with van der Waals surface area (Å²) >= 11 is 5.16. The van der Waals surface area contributed by atoms with E-state index in [4.69, 9.17) is 11.6 Å². The lowest BCUT2D eigenvalue weighted by atomic mass is 10.4. The molecule has 0 fully saturated rings. The molecular formula is C10H15Cl. The molecule has 0 aromatic carbocycles. The van der Waals surface area contributed by atoms with E-state index >= 15 is 0 Å². The van der Waals surface area contributed by atoms with E-state index in [-0.39, 0.29) is 0 Å². The molecule has 0 aromatic rings. The Hall–Kier alpha value is -0.750. The standard InChI is InChI=1S/C5H7Cl.C5H8/c1-5(2)3-4-6;1-4-5(2)3/h3-4H,1H2,2H3;4H,1-2H2,3H3. The molecule has 0 nitrogen and oxygen atoms in total. The molecule has 0 unspecified atom stereocenters. The van der Waals surface area contributed by atoms with Gasteiger partial charge in [-0.15, -0.1) is 0 Å². The lowest BCUT2D eigenvalue weighted by Crippen LogP contribution is -1.52. The van der Waals surface area contributed by atoms with Gasteiger partial charge in [-0.05, 0) is 19.9 Å². The van der Waals surface area contributed by atoms with E-state index in [1.165, 1.54) is 5.54 Å². The Balaban J connectivity index is 0. The summed E-state index contributed by atoms with van der Waals surface area (Å²) in [6.45, 7) is 14.4. The molecule has 0 aliphatic carbocycles. The highest BCUT2D eigenvalue weighted by atomic mass is 35.5. The van der Waals surface area contributed by atoms with Gasteiger partial charge in [-0.2, -0.15) is 0 Å². The topological polar surface area (TPSA) is 0 Å². The summed E-state index contributed by atoms with van der Waals surface area (Å²) in [4.78, 5) is 0. The van der Waals surface area contributed by atoms with Crippen molar-refractivity contribution in [3.63, 3.8) is 0 Å². The van der Waals surface area contributed by atoms with Crippen LogP contribution in [0.5, 0.6) is 0 Å². The zero-order valence-electron chi connectivity index (χ0n) is 7.23. The van der Waals surface area contributed by atoms with E-state index in [2.05, 4.69) is 19.7 Å². The first-order valence-corrected chi connectivity index (χ1v) is 3.68. The van der Waals surface area contributed by atoms with Crippen molar-refractivity contribution in [2.75, 3.05) is 0 Å². The molecule has 0 aromatic heterocycles. The van der Waals surface area contributed by atoms with Crippen molar-refractivity contribution in [2.45, 2.75) is 13.8 Å². The maximum Gasteiger partial charge on any atom is 0.00448 e. The van der Waals surface area contributed by atoms with Crippen LogP contribution in [0.1, 0.15) is 13.8 Å². The summed E-state index contributed by atoms with van der Waals surface area (Å²) in [6.07, 6.45) is 3.46. The third-order valence-electron chi connectivity index (χ3n) is 0.696. The van der Waals surface area contributed by atoms with Crippen LogP contribution >= 0.6 is 11.6 Å².